The molecule has 0 aliphatic carbocycles. The van der Waals surface area contributed by atoms with Gasteiger partial charge < -0.3 is 10.5 Å². The molecule has 4 nitrogen and oxygen atoms in total. The Bertz CT molecular complexity index is 751. The second kappa shape index (κ2) is 6.69. The van der Waals surface area contributed by atoms with Crippen LogP contribution < -0.4 is 5.73 Å². The van der Waals surface area contributed by atoms with Gasteiger partial charge in [-0.25, -0.2) is 9.78 Å². The summed E-state index contributed by atoms with van der Waals surface area (Å²) in [7, 11) is 1.21. The third-order valence-corrected chi connectivity index (χ3v) is 5.05. The predicted molar refractivity (Wildman–Crippen MR) is 90.5 cm³/mol. The van der Waals surface area contributed by atoms with Crippen molar-refractivity contribution in [1.29, 1.82) is 0 Å². The van der Waals surface area contributed by atoms with Crippen LogP contribution in [0.4, 0.5) is 5.82 Å². The lowest BCUT2D eigenvalue weighted by Gasteiger charge is -2.14. The molecule has 1 heterocycles. The van der Waals surface area contributed by atoms with Crippen molar-refractivity contribution in [2.24, 2.45) is 0 Å². The zero-order chi connectivity index (χ0) is 16.6. The SMILES string of the molecule is COC(=O)c1nc(N)ccc1-c1c(Cl)c(Cl)c(Cl)c(Cl)c1Cl. The second-order valence-corrected chi connectivity index (χ2v) is 5.96. The van der Waals surface area contributed by atoms with E-state index < -0.39 is 5.97 Å². The molecule has 2 N–H and O–H groups in total. The monoisotopic (exact) mass is 398 g/mol. The van der Waals surface area contributed by atoms with Crippen molar-refractivity contribution in [3.8, 4) is 11.1 Å². The van der Waals surface area contributed by atoms with Gasteiger partial charge in [-0.05, 0) is 12.1 Å². The molecule has 116 valence electrons. The largest absolute Gasteiger partial charge is 0.464 e. The summed E-state index contributed by atoms with van der Waals surface area (Å²) in [4.78, 5) is 15.9. The van der Waals surface area contributed by atoms with Gasteiger partial charge in [0.1, 0.15) is 5.82 Å². The number of anilines is 1. The minimum Gasteiger partial charge on any atom is -0.464 e. The summed E-state index contributed by atoms with van der Waals surface area (Å²) in [6.45, 7) is 0. The summed E-state index contributed by atoms with van der Waals surface area (Å²) < 4.78 is 4.68. The third-order valence-electron chi connectivity index (χ3n) is 2.77. The topological polar surface area (TPSA) is 65.2 Å². The molecule has 1 aromatic carbocycles. The van der Waals surface area contributed by atoms with E-state index in [0.717, 1.165) is 0 Å². The number of rotatable bonds is 2. The highest BCUT2D eigenvalue weighted by Gasteiger charge is 2.25. The lowest BCUT2D eigenvalue weighted by molar-refractivity contribution is 0.0595. The van der Waals surface area contributed by atoms with E-state index >= 15 is 0 Å². The van der Waals surface area contributed by atoms with Crippen LogP contribution in [0.3, 0.4) is 0 Å². The average Bonchev–Trinajstić information content (AvgIpc) is 2.51. The lowest BCUT2D eigenvalue weighted by atomic mass is 10.0. The number of aromatic nitrogens is 1. The number of nitrogens with two attached hydrogens (primary N) is 1. The quantitative estimate of drug-likeness (QED) is 0.417. The van der Waals surface area contributed by atoms with Gasteiger partial charge in [0.15, 0.2) is 5.69 Å². The van der Waals surface area contributed by atoms with Gasteiger partial charge in [0.2, 0.25) is 0 Å². The van der Waals surface area contributed by atoms with Gasteiger partial charge in [-0.15, -0.1) is 0 Å². The van der Waals surface area contributed by atoms with Crippen LogP contribution >= 0.6 is 58.0 Å². The number of pyridine rings is 1. The number of ether oxygens (including phenoxy) is 1. The fraction of sp³-hybridized carbons (Fsp3) is 0.0769. The van der Waals surface area contributed by atoms with Gasteiger partial charge in [0, 0.05) is 11.1 Å². The van der Waals surface area contributed by atoms with Gasteiger partial charge in [-0.1, -0.05) is 58.0 Å². The number of benzene rings is 1. The maximum Gasteiger partial charge on any atom is 0.357 e. The Morgan fingerprint density at radius 3 is 2.00 bits per heavy atom. The number of esters is 1. The zero-order valence-electron chi connectivity index (χ0n) is 10.9. The van der Waals surface area contributed by atoms with E-state index in [0.29, 0.717) is 0 Å². The normalized spacial score (nSPS) is 10.6. The van der Waals surface area contributed by atoms with Gasteiger partial charge in [-0.3, -0.25) is 0 Å². The van der Waals surface area contributed by atoms with Crippen molar-refractivity contribution in [3.63, 3.8) is 0 Å². The summed E-state index contributed by atoms with van der Waals surface area (Å²) in [5.74, 6) is -0.584. The molecule has 0 bridgehead atoms. The van der Waals surface area contributed by atoms with Gasteiger partial charge in [0.05, 0.1) is 32.2 Å². The van der Waals surface area contributed by atoms with Crippen LogP contribution in [0.2, 0.25) is 25.1 Å². The molecule has 0 radical (unpaired) electrons. The van der Waals surface area contributed by atoms with E-state index in [1.165, 1.54) is 19.2 Å². The van der Waals surface area contributed by atoms with Gasteiger partial charge in [-0.2, -0.15) is 0 Å². The summed E-state index contributed by atoms with van der Waals surface area (Å²) in [6.07, 6.45) is 0. The smallest absolute Gasteiger partial charge is 0.357 e. The Morgan fingerprint density at radius 1 is 1.00 bits per heavy atom. The number of carbonyl (C=O) groups excluding carboxylic acids is 1. The van der Waals surface area contributed by atoms with Crippen LogP contribution in [0, 0.1) is 0 Å². The average molecular weight is 400 g/mol. The highest BCUT2D eigenvalue weighted by molar-refractivity contribution is 6.56. The standard InChI is InChI=1S/C13H7Cl5N2O2/c1-22-13(21)12-4(2-3-5(19)20-12)6-7(14)9(16)11(18)10(17)8(6)15/h2-3H,1H3,(H2,19,20). The number of hydrogen-bond donors (Lipinski definition) is 1. The molecule has 0 unspecified atom stereocenters. The summed E-state index contributed by atoms with van der Waals surface area (Å²) in [5.41, 5.74) is 6.02. The second-order valence-electron chi connectivity index (χ2n) is 4.07. The first-order valence-electron chi connectivity index (χ1n) is 5.66. The lowest BCUT2D eigenvalue weighted by Crippen LogP contribution is -2.08. The van der Waals surface area contributed by atoms with E-state index in [1.54, 1.807) is 0 Å². The number of hydrogen-bond acceptors (Lipinski definition) is 4. The molecule has 0 saturated heterocycles. The minimum atomic E-state index is -0.711. The van der Waals surface area contributed by atoms with E-state index in [1.807, 2.05) is 0 Å². The molecular weight excluding hydrogens is 393 g/mol. The number of nitrogen functional groups attached to an aromatic ring is 1. The Kier molecular flexibility index (Phi) is 5.30. The molecule has 2 rings (SSSR count). The summed E-state index contributed by atoms with van der Waals surface area (Å²) in [6, 6.07) is 2.99. The van der Waals surface area contributed by atoms with Crippen LogP contribution in [-0.4, -0.2) is 18.1 Å². The number of methoxy groups -OCH3 is 1. The molecule has 9 heteroatoms. The molecule has 1 aromatic heterocycles. The van der Waals surface area contributed by atoms with Crippen molar-refractivity contribution < 1.29 is 9.53 Å². The Balaban J connectivity index is 2.86. The highest BCUT2D eigenvalue weighted by Crippen LogP contribution is 2.48. The predicted octanol–water partition coefficient (Wildman–Crippen LogP) is 5.38. The minimum absolute atomic E-state index is 0.0142. The third kappa shape index (κ3) is 2.94. The first-order chi connectivity index (χ1) is 10.3. The van der Waals surface area contributed by atoms with Gasteiger partial charge >= 0.3 is 5.97 Å². The molecule has 0 fully saturated rings. The van der Waals surface area contributed by atoms with Crippen LogP contribution in [0.1, 0.15) is 10.5 Å². The van der Waals surface area contributed by atoms with E-state index in [4.69, 9.17) is 63.7 Å². The molecule has 0 atom stereocenters. The molecule has 0 spiro atoms. The zero-order valence-corrected chi connectivity index (χ0v) is 14.7. The first-order valence-corrected chi connectivity index (χ1v) is 7.55. The Labute approximate surface area is 151 Å². The van der Waals surface area contributed by atoms with Crippen molar-refractivity contribution in [3.05, 3.63) is 42.9 Å². The first kappa shape index (κ1) is 17.4. The van der Waals surface area contributed by atoms with E-state index in [2.05, 4.69) is 9.72 Å². The summed E-state index contributed by atoms with van der Waals surface area (Å²) in [5, 5.41) is 0.126. The molecule has 2 aromatic rings. The van der Waals surface area contributed by atoms with Crippen LogP contribution in [-0.2, 0) is 4.74 Å². The number of halogens is 5. The molecule has 22 heavy (non-hydrogen) atoms. The fourth-order valence-corrected chi connectivity index (χ4v) is 3.11. The van der Waals surface area contributed by atoms with Crippen LogP contribution in [0.5, 0.6) is 0 Å². The molecule has 0 aliphatic rings. The van der Waals surface area contributed by atoms with Crippen molar-refractivity contribution in [2.75, 3.05) is 12.8 Å². The van der Waals surface area contributed by atoms with Crippen LogP contribution in [0.15, 0.2) is 12.1 Å². The van der Waals surface area contributed by atoms with Crippen molar-refractivity contribution >= 4 is 69.8 Å². The van der Waals surface area contributed by atoms with Gasteiger partial charge in [0.25, 0.3) is 0 Å². The molecule has 0 saturated carbocycles. The number of nitrogens with zero attached hydrogens (tertiary/aromatic N) is 1. The molecular formula is C13H7Cl5N2O2. The number of carbonyl (C=O) groups is 1. The van der Waals surface area contributed by atoms with Crippen molar-refractivity contribution in [1.82, 2.24) is 4.98 Å². The highest BCUT2D eigenvalue weighted by atomic mass is 35.5. The summed E-state index contributed by atoms with van der Waals surface area (Å²) >= 11 is 30.4. The Morgan fingerprint density at radius 2 is 1.50 bits per heavy atom. The van der Waals surface area contributed by atoms with Crippen LogP contribution in [0.25, 0.3) is 11.1 Å². The molecule has 0 amide bonds. The van der Waals surface area contributed by atoms with Crippen molar-refractivity contribution in [2.45, 2.75) is 0 Å². The fourth-order valence-electron chi connectivity index (χ4n) is 1.77. The maximum atomic E-state index is 11.9. The van der Waals surface area contributed by atoms with E-state index in [-0.39, 0.29) is 47.8 Å². The van der Waals surface area contributed by atoms with E-state index in [9.17, 15) is 4.79 Å². The molecule has 0 aliphatic heterocycles. The maximum absolute atomic E-state index is 11.9. The Hall–Kier alpha value is -0.910.